The van der Waals surface area contributed by atoms with E-state index >= 15 is 0 Å². The molecule has 138 valence electrons. The summed E-state index contributed by atoms with van der Waals surface area (Å²) < 4.78 is 11.3. The van der Waals surface area contributed by atoms with Crippen molar-refractivity contribution in [2.75, 3.05) is 26.3 Å². The maximum Gasteiger partial charge on any atom is 0.157 e. The lowest BCUT2D eigenvalue weighted by atomic mass is 10.00. The number of unbranched alkanes of at least 4 members (excludes halogenated alkanes) is 8. The zero-order valence-corrected chi connectivity index (χ0v) is 15.1. The molecule has 1 heterocycles. The molecule has 0 aromatic heterocycles. The minimum Gasteiger partial charge on any atom is -0.353 e. The summed E-state index contributed by atoms with van der Waals surface area (Å²) >= 11 is 0. The van der Waals surface area contributed by atoms with Crippen molar-refractivity contribution in [1.82, 2.24) is 0 Å². The monoisotopic (exact) mass is 328 g/mol. The Morgan fingerprint density at radius 2 is 1.43 bits per heavy atom. The molecule has 1 aliphatic heterocycles. The molecular formula is C19H40N2O2. The fourth-order valence-electron chi connectivity index (χ4n) is 3.16. The second-order valence-electron chi connectivity index (χ2n) is 6.98. The van der Waals surface area contributed by atoms with Gasteiger partial charge in [-0.25, -0.2) is 0 Å². The standard InChI is InChI=1S/C19H40N2O2/c20-16-18(17-21)12-8-6-4-2-1-3-5-7-10-14-22-19-13-9-11-15-23-19/h18-19H,1-17,20-21H2. The van der Waals surface area contributed by atoms with Gasteiger partial charge in [0.25, 0.3) is 0 Å². The van der Waals surface area contributed by atoms with Gasteiger partial charge in [0.05, 0.1) is 0 Å². The van der Waals surface area contributed by atoms with E-state index in [2.05, 4.69) is 0 Å². The molecule has 0 aliphatic carbocycles. The van der Waals surface area contributed by atoms with Crippen LogP contribution in [0.2, 0.25) is 0 Å². The molecule has 0 aromatic rings. The highest BCUT2D eigenvalue weighted by Gasteiger charge is 2.13. The highest BCUT2D eigenvalue weighted by Crippen LogP contribution is 2.15. The van der Waals surface area contributed by atoms with E-state index in [1.54, 1.807) is 0 Å². The quantitative estimate of drug-likeness (QED) is 0.446. The third kappa shape index (κ3) is 11.9. The average Bonchev–Trinajstić information content (AvgIpc) is 2.60. The van der Waals surface area contributed by atoms with Gasteiger partial charge in [-0.2, -0.15) is 0 Å². The van der Waals surface area contributed by atoms with E-state index in [0.29, 0.717) is 5.92 Å². The van der Waals surface area contributed by atoms with Crippen LogP contribution in [-0.2, 0) is 9.47 Å². The summed E-state index contributed by atoms with van der Waals surface area (Å²) in [5.41, 5.74) is 11.3. The summed E-state index contributed by atoms with van der Waals surface area (Å²) in [5, 5.41) is 0. The number of rotatable bonds is 15. The smallest absolute Gasteiger partial charge is 0.157 e. The Bertz CT molecular complexity index is 242. The molecule has 4 heteroatoms. The summed E-state index contributed by atoms with van der Waals surface area (Å²) in [6, 6.07) is 0. The first kappa shape index (κ1) is 20.9. The molecule has 1 unspecified atom stereocenters. The van der Waals surface area contributed by atoms with Crippen molar-refractivity contribution in [2.45, 2.75) is 89.8 Å². The molecule has 0 aromatic carbocycles. The van der Waals surface area contributed by atoms with Crippen molar-refractivity contribution >= 4 is 0 Å². The Morgan fingerprint density at radius 3 is 2.00 bits per heavy atom. The van der Waals surface area contributed by atoms with Gasteiger partial charge in [0.1, 0.15) is 0 Å². The van der Waals surface area contributed by atoms with Crippen LogP contribution in [0.25, 0.3) is 0 Å². The normalized spacial score (nSPS) is 18.7. The molecule has 4 nitrogen and oxygen atoms in total. The van der Waals surface area contributed by atoms with Crippen molar-refractivity contribution < 1.29 is 9.47 Å². The zero-order valence-electron chi connectivity index (χ0n) is 15.1. The molecule has 1 fully saturated rings. The molecule has 0 amide bonds. The van der Waals surface area contributed by atoms with E-state index in [9.17, 15) is 0 Å². The number of hydrogen-bond acceptors (Lipinski definition) is 4. The van der Waals surface area contributed by atoms with Gasteiger partial charge in [0.15, 0.2) is 6.29 Å². The van der Waals surface area contributed by atoms with Crippen molar-refractivity contribution in [3.63, 3.8) is 0 Å². The van der Waals surface area contributed by atoms with Crippen LogP contribution in [0.1, 0.15) is 83.5 Å². The molecule has 4 N–H and O–H groups in total. The summed E-state index contributed by atoms with van der Waals surface area (Å²) in [4.78, 5) is 0. The van der Waals surface area contributed by atoms with Crippen LogP contribution in [0.5, 0.6) is 0 Å². The largest absolute Gasteiger partial charge is 0.353 e. The first-order chi connectivity index (χ1) is 11.4. The average molecular weight is 329 g/mol. The molecule has 0 radical (unpaired) electrons. The van der Waals surface area contributed by atoms with Gasteiger partial charge in [0.2, 0.25) is 0 Å². The number of nitrogens with two attached hydrogens (primary N) is 2. The van der Waals surface area contributed by atoms with E-state index in [-0.39, 0.29) is 6.29 Å². The Balaban J connectivity index is 1.73. The van der Waals surface area contributed by atoms with Crippen LogP contribution in [0.3, 0.4) is 0 Å². The van der Waals surface area contributed by atoms with E-state index in [1.165, 1.54) is 77.0 Å². The predicted octanol–water partition coefficient (Wildman–Crippen LogP) is 3.96. The van der Waals surface area contributed by atoms with Crippen LogP contribution >= 0.6 is 0 Å². The van der Waals surface area contributed by atoms with Gasteiger partial charge >= 0.3 is 0 Å². The van der Waals surface area contributed by atoms with Crippen LogP contribution < -0.4 is 11.5 Å². The van der Waals surface area contributed by atoms with Crippen LogP contribution in [0, 0.1) is 5.92 Å². The predicted molar refractivity (Wildman–Crippen MR) is 97.3 cm³/mol. The summed E-state index contributed by atoms with van der Waals surface area (Å²) in [6.45, 7) is 3.23. The second-order valence-corrected chi connectivity index (χ2v) is 6.98. The maximum atomic E-state index is 5.75. The SMILES string of the molecule is NCC(CN)CCCCCCCCCCCOC1CCCCO1. The van der Waals surface area contributed by atoms with Crippen LogP contribution in [-0.4, -0.2) is 32.6 Å². The molecular weight excluding hydrogens is 288 g/mol. The van der Waals surface area contributed by atoms with Crippen molar-refractivity contribution in [2.24, 2.45) is 17.4 Å². The van der Waals surface area contributed by atoms with E-state index in [4.69, 9.17) is 20.9 Å². The molecule has 1 saturated heterocycles. The van der Waals surface area contributed by atoms with Crippen molar-refractivity contribution in [3.8, 4) is 0 Å². The maximum absolute atomic E-state index is 5.75. The third-order valence-electron chi connectivity index (χ3n) is 4.87. The Labute approximate surface area is 143 Å². The molecule has 0 saturated carbocycles. The molecule has 23 heavy (non-hydrogen) atoms. The van der Waals surface area contributed by atoms with Gasteiger partial charge in [-0.3, -0.25) is 0 Å². The van der Waals surface area contributed by atoms with Gasteiger partial charge in [-0.05, 0) is 51.1 Å². The van der Waals surface area contributed by atoms with Gasteiger partial charge in [-0.1, -0.05) is 51.4 Å². The lowest BCUT2D eigenvalue weighted by Gasteiger charge is -2.22. The molecule has 1 aliphatic rings. The number of hydrogen-bond donors (Lipinski definition) is 2. The fourth-order valence-corrected chi connectivity index (χ4v) is 3.16. The van der Waals surface area contributed by atoms with E-state index in [1.807, 2.05) is 0 Å². The molecule has 0 spiro atoms. The third-order valence-corrected chi connectivity index (χ3v) is 4.87. The summed E-state index contributed by atoms with van der Waals surface area (Å²) in [6.07, 6.45) is 16.8. The highest BCUT2D eigenvalue weighted by molar-refractivity contribution is 4.60. The van der Waals surface area contributed by atoms with Crippen molar-refractivity contribution in [1.29, 1.82) is 0 Å². The minimum atomic E-state index is 0.0851. The molecule has 1 atom stereocenters. The lowest BCUT2D eigenvalue weighted by Crippen LogP contribution is -2.22. The number of ether oxygens (including phenoxy) is 2. The van der Waals surface area contributed by atoms with Gasteiger partial charge in [-0.15, -0.1) is 0 Å². The molecule has 1 rings (SSSR count). The van der Waals surface area contributed by atoms with E-state index < -0.39 is 0 Å². The van der Waals surface area contributed by atoms with E-state index in [0.717, 1.165) is 32.7 Å². The topological polar surface area (TPSA) is 70.5 Å². The Kier molecular flexibility index (Phi) is 14.0. The molecule has 0 bridgehead atoms. The van der Waals surface area contributed by atoms with Crippen molar-refractivity contribution in [3.05, 3.63) is 0 Å². The lowest BCUT2D eigenvalue weighted by molar-refractivity contribution is -0.162. The zero-order chi connectivity index (χ0) is 16.6. The van der Waals surface area contributed by atoms with Crippen LogP contribution in [0.4, 0.5) is 0 Å². The second kappa shape index (κ2) is 15.4. The summed E-state index contributed by atoms with van der Waals surface area (Å²) in [7, 11) is 0. The van der Waals surface area contributed by atoms with Gasteiger partial charge in [0, 0.05) is 13.2 Å². The van der Waals surface area contributed by atoms with Crippen LogP contribution in [0.15, 0.2) is 0 Å². The fraction of sp³-hybridized carbons (Fsp3) is 1.00. The first-order valence-electron chi connectivity index (χ1n) is 10.00. The highest BCUT2D eigenvalue weighted by atomic mass is 16.7. The Morgan fingerprint density at radius 1 is 0.826 bits per heavy atom. The Hall–Kier alpha value is -0.160. The van der Waals surface area contributed by atoms with Gasteiger partial charge < -0.3 is 20.9 Å². The first-order valence-corrected chi connectivity index (χ1v) is 10.00. The summed E-state index contributed by atoms with van der Waals surface area (Å²) in [5.74, 6) is 0.538. The minimum absolute atomic E-state index is 0.0851.